The van der Waals surface area contributed by atoms with E-state index < -0.39 is 0 Å². The third kappa shape index (κ3) is 4.40. The van der Waals surface area contributed by atoms with Crippen LogP contribution >= 0.6 is 11.3 Å². The van der Waals surface area contributed by atoms with Gasteiger partial charge in [0.1, 0.15) is 6.61 Å². The average molecular weight is 240 g/mol. The van der Waals surface area contributed by atoms with Crippen LogP contribution in [0.25, 0.3) is 0 Å². The highest BCUT2D eigenvalue weighted by Crippen LogP contribution is 2.16. The molecule has 0 aliphatic rings. The van der Waals surface area contributed by atoms with Gasteiger partial charge in [-0.25, -0.2) is 4.98 Å². The summed E-state index contributed by atoms with van der Waals surface area (Å²) >= 11 is 1.28. The zero-order valence-electron chi connectivity index (χ0n) is 8.82. The van der Waals surface area contributed by atoms with E-state index >= 15 is 0 Å². The Morgan fingerprint density at radius 2 is 2.56 bits per heavy atom. The number of nitrogens with zero attached hydrogens (tertiary/aromatic N) is 1. The van der Waals surface area contributed by atoms with E-state index in [1.807, 2.05) is 0 Å². The molecule has 1 rings (SSSR count). The Hall–Kier alpha value is -1.42. The van der Waals surface area contributed by atoms with Gasteiger partial charge in [-0.3, -0.25) is 10.1 Å². The normalized spacial score (nSPS) is 9.38. The second kappa shape index (κ2) is 6.95. The van der Waals surface area contributed by atoms with Gasteiger partial charge in [-0.2, -0.15) is 0 Å². The molecule has 0 aliphatic carbocycles. The van der Waals surface area contributed by atoms with Gasteiger partial charge in [-0.15, -0.1) is 0 Å². The van der Waals surface area contributed by atoms with Crippen molar-refractivity contribution in [3.8, 4) is 11.8 Å². The van der Waals surface area contributed by atoms with Crippen LogP contribution in [0.5, 0.6) is 0 Å². The van der Waals surface area contributed by atoms with Crippen LogP contribution in [-0.4, -0.2) is 36.3 Å². The van der Waals surface area contributed by atoms with E-state index in [0.717, 1.165) is 4.88 Å². The van der Waals surface area contributed by atoms with E-state index in [4.69, 9.17) is 5.11 Å². The second-order valence-corrected chi connectivity index (χ2v) is 3.82. The number of amides is 1. The summed E-state index contributed by atoms with van der Waals surface area (Å²) in [5.74, 6) is 5.37. The lowest BCUT2D eigenvalue weighted by molar-refractivity contribution is -0.119. The number of ether oxygens (including phenoxy) is 1. The number of carbonyl (C=O) groups excluding carboxylic acids is 1. The topological polar surface area (TPSA) is 71.5 Å². The van der Waals surface area contributed by atoms with Crippen LogP contribution < -0.4 is 5.32 Å². The zero-order valence-corrected chi connectivity index (χ0v) is 9.63. The lowest BCUT2D eigenvalue weighted by Gasteiger charge is -1.98. The molecule has 86 valence electrons. The summed E-state index contributed by atoms with van der Waals surface area (Å²) in [6.07, 6.45) is 2.01. The molecular formula is C10H12N2O3S. The fraction of sp³-hybridized carbons (Fsp3) is 0.400. The molecule has 6 heteroatoms. The van der Waals surface area contributed by atoms with Crippen molar-refractivity contribution in [3.63, 3.8) is 0 Å². The Morgan fingerprint density at radius 3 is 3.25 bits per heavy atom. The van der Waals surface area contributed by atoms with E-state index in [-0.39, 0.29) is 19.1 Å². The lowest BCUT2D eigenvalue weighted by Crippen LogP contribution is -2.16. The second-order valence-electron chi connectivity index (χ2n) is 2.79. The number of hydrogen-bond donors (Lipinski definition) is 2. The van der Waals surface area contributed by atoms with E-state index in [1.165, 1.54) is 18.4 Å². The molecule has 5 nitrogen and oxygen atoms in total. The first kappa shape index (κ1) is 12.6. The minimum Gasteiger partial charge on any atom is -0.395 e. The van der Waals surface area contributed by atoms with Crippen molar-refractivity contribution in [3.05, 3.63) is 11.1 Å². The van der Waals surface area contributed by atoms with Crippen LogP contribution in [0.4, 0.5) is 5.13 Å². The summed E-state index contributed by atoms with van der Waals surface area (Å²) in [7, 11) is 1.45. The predicted octanol–water partition coefficient (Wildman–Crippen LogP) is 0.462. The van der Waals surface area contributed by atoms with Crippen LogP contribution in [0.2, 0.25) is 0 Å². The van der Waals surface area contributed by atoms with E-state index in [1.54, 1.807) is 6.20 Å². The van der Waals surface area contributed by atoms with Crippen molar-refractivity contribution in [1.82, 2.24) is 4.98 Å². The molecule has 0 aromatic carbocycles. The highest BCUT2D eigenvalue weighted by Gasteiger charge is 2.04. The summed E-state index contributed by atoms with van der Waals surface area (Å²) in [6.45, 7) is 0.0499. The average Bonchev–Trinajstić information content (AvgIpc) is 2.66. The largest absolute Gasteiger partial charge is 0.395 e. The molecule has 1 heterocycles. The molecule has 0 aliphatic heterocycles. The third-order valence-electron chi connectivity index (χ3n) is 1.48. The quantitative estimate of drug-likeness (QED) is 0.750. The molecular weight excluding hydrogens is 228 g/mol. The maximum atomic E-state index is 11.1. The van der Waals surface area contributed by atoms with Crippen LogP contribution in [0.3, 0.4) is 0 Å². The zero-order chi connectivity index (χ0) is 11.8. The molecule has 0 saturated heterocycles. The molecule has 0 spiro atoms. The highest BCUT2D eigenvalue weighted by atomic mass is 32.1. The van der Waals surface area contributed by atoms with Gasteiger partial charge in [0, 0.05) is 13.5 Å². The fourth-order valence-corrected chi connectivity index (χ4v) is 1.59. The molecule has 0 bridgehead atoms. The summed E-state index contributed by atoms with van der Waals surface area (Å²) in [6, 6.07) is 0. The number of thiazole rings is 1. The van der Waals surface area contributed by atoms with Crippen LogP contribution in [0.1, 0.15) is 11.3 Å². The number of carbonyl (C=O) groups is 1. The van der Waals surface area contributed by atoms with Crippen molar-refractivity contribution in [1.29, 1.82) is 0 Å². The maximum Gasteiger partial charge on any atom is 0.252 e. The van der Waals surface area contributed by atoms with Gasteiger partial charge in [0.2, 0.25) is 0 Å². The summed E-state index contributed by atoms with van der Waals surface area (Å²) in [5.41, 5.74) is 0. The Balaban J connectivity index is 2.52. The molecule has 0 unspecified atom stereocenters. The predicted molar refractivity (Wildman–Crippen MR) is 61.2 cm³/mol. The van der Waals surface area contributed by atoms with Gasteiger partial charge in [0.15, 0.2) is 5.13 Å². The molecule has 16 heavy (non-hydrogen) atoms. The molecule has 0 saturated carbocycles. The van der Waals surface area contributed by atoms with Crippen LogP contribution in [0.15, 0.2) is 6.20 Å². The van der Waals surface area contributed by atoms with Crippen molar-refractivity contribution in [2.45, 2.75) is 6.42 Å². The number of methoxy groups -OCH3 is 1. The van der Waals surface area contributed by atoms with Crippen LogP contribution in [-0.2, 0) is 9.53 Å². The number of anilines is 1. The van der Waals surface area contributed by atoms with Crippen molar-refractivity contribution >= 4 is 22.4 Å². The number of aliphatic hydroxyl groups is 1. The Labute approximate surface area is 97.5 Å². The highest BCUT2D eigenvalue weighted by molar-refractivity contribution is 7.16. The summed E-state index contributed by atoms with van der Waals surface area (Å²) in [5, 5.41) is 11.6. The fourth-order valence-electron chi connectivity index (χ4n) is 0.882. The number of aliphatic hydroxyl groups excluding tert-OH is 1. The van der Waals surface area contributed by atoms with Gasteiger partial charge in [-0.05, 0) is 0 Å². The molecule has 1 aromatic rings. The standard InChI is InChI=1S/C10H12N2O3S/c1-15-7-9(14)12-10-11-6-8(16-10)4-2-3-5-13/h6,13H,3,5,7H2,1H3,(H,11,12,14). The number of nitrogens with one attached hydrogen (secondary N) is 1. The van der Waals surface area contributed by atoms with Gasteiger partial charge < -0.3 is 9.84 Å². The molecule has 0 radical (unpaired) electrons. The van der Waals surface area contributed by atoms with E-state index in [2.05, 4.69) is 26.9 Å². The molecule has 2 N–H and O–H groups in total. The van der Waals surface area contributed by atoms with Crippen LogP contribution in [0, 0.1) is 11.8 Å². The minimum atomic E-state index is -0.244. The molecule has 1 amide bonds. The first-order chi connectivity index (χ1) is 7.76. The monoisotopic (exact) mass is 240 g/mol. The first-order valence-electron chi connectivity index (χ1n) is 4.60. The Kier molecular flexibility index (Phi) is 5.50. The van der Waals surface area contributed by atoms with E-state index in [9.17, 15) is 4.79 Å². The van der Waals surface area contributed by atoms with Gasteiger partial charge in [-0.1, -0.05) is 23.2 Å². The van der Waals surface area contributed by atoms with Crippen molar-refractivity contribution in [2.24, 2.45) is 0 Å². The first-order valence-corrected chi connectivity index (χ1v) is 5.42. The number of aromatic nitrogens is 1. The number of hydrogen-bond acceptors (Lipinski definition) is 5. The maximum absolute atomic E-state index is 11.1. The smallest absolute Gasteiger partial charge is 0.252 e. The minimum absolute atomic E-state index is 0.00506. The van der Waals surface area contributed by atoms with Crippen molar-refractivity contribution in [2.75, 3.05) is 25.6 Å². The molecule has 0 fully saturated rings. The number of rotatable bonds is 4. The molecule has 1 aromatic heterocycles. The Morgan fingerprint density at radius 1 is 1.75 bits per heavy atom. The van der Waals surface area contributed by atoms with E-state index in [0.29, 0.717) is 11.6 Å². The third-order valence-corrected chi connectivity index (χ3v) is 2.30. The van der Waals surface area contributed by atoms with Gasteiger partial charge >= 0.3 is 0 Å². The summed E-state index contributed by atoms with van der Waals surface area (Å²) in [4.78, 5) is 15.9. The lowest BCUT2D eigenvalue weighted by atomic mass is 10.4. The Bertz CT molecular complexity index is 406. The van der Waals surface area contributed by atoms with Gasteiger partial charge in [0.05, 0.1) is 17.7 Å². The van der Waals surface area contributed by atoms with Crippen molar-refractivity contribution < 1.29 is 14.6 Å². The molecule has 0 atom stereocenters. The summed E-state index contributed by atoms with van der Waals surface area (Å²) < 4.78 is 4.67. The van der Waals surface area contributed by atoms with Gasteiger partial charge in [0.25, 0.3) is 5.91 Å². The SMILES string of the molecule is COCC(=O)Nc1ncc(C#CCCO)s1.